The molecule has 5 nitrogen and oxygen atoms in total. The van der Waals surface area contributed by atoms with Crippen LogP contribution in [-0.4, -0.2) is 34.0 Å². The molecule has 2 aromatic heterocycles. The van der Waals surface area contributed by atoms with Crippen LogP contribution in [0.5, 0.6) is 0 Å². The van der Waals surface area contributed by atoms with E-state index in [1.54, 1.807) is 11.3 Å². The predicted octanol–water partition coefficient (Wildman–Crippen LogP) is 1.93. The zero-order chi connectivity index (χ0) is 11.8. The van der Waals surface area contributed by atoms with Crippen LogP contribution in [0.3, 0.4) is 0 Å². The zero-order valence-electron chi connectivity index (χ0n) is 10.1. The Morgan fingerprint density at radius 3 is 2.88 bits per heavy atom. The maximum Gasteiger partial charge on any atom is 0.185 e. The number of fused-ring (bicyclic) bond motifs is 1. The molecule has 0 aliphatic carbocycles. The lowest BCUT2D eigenvalue weighted by Gasteiger charge is -2.22. The van der Waals surface area contributed by atoms with Gasteiger partial charge in [-0.15, -0.1) is 0 Å². The molecule has 92 valence electrons. The number of rotatable bonds is 2. The average molecular weight is 252 g/mol. The Balaban J connectivity index is 1.83. The van der Waals surface area contributed by atoms with E-state index in [0.29, 0.717) is 6.04 Å². The van der Waals surface area contributed by atoms with Crippen LogP contribution in [0.2, 0.25) is 0 Å². The van der Waals surface area contributed by atoms with Gasteiger partial charge in [0.2, 0.25) is 0 Å². The second kappa shape index (κ2) is 4.27. The Morgan fingerprint density at radius 2 is 2.18 bits per heavy atom. The smallest absolute Gasteiger partial charge is 0.185 e. The molecule has 2 aromatic rings. The fourth-order valence-electron chi connectivity index (χ4n) is 2.16. The summed E-state index contributed by atoms with van der Waals surface area (Å²) < 4.78 is 8.37. The third-order valence-electron chi connectivity index (χ3n) is 3.09. The van der Waals surface area contributed by atoms with Crippen molar-refractivity contribution in [3.8, 4) is 0 Å². The van der Waals surface area contributed by atoms with Gasteiger partial charge in [-0.05, 0) is 19.8 Å². The standard InChI is InChI=1S/C11H16N4OS/c1-7-9-10(15(2)14-7)13-11(17-9)12-8-3-5-16-6-4-8/h8H,3-6H2,1-2H3,(H,12,13). The van der Waals surface area contributed by atoms with E-state index in [9.17, 15) is 0 Å². The van der Waals surface area contributed by atoms with E-state index in [-0.39, 0.29) is 0 Å². The van der Waals surface area contributed by atoms with Crippen LogP contribution in [0.15, 0.2) is 0 Å². The fraction of sp³-hybridized carbons (Fsp3) is 0.636. The molecule has 1 fully saturated rings. The van der Waals surface area contributed by atoms with Crippen LogP contribution >= 0.6 is 11.3 Å². The summed E-state index contributed by atoms with van der Waals surface area (Å²) in [4.78, 5) is 4.59. The molecule has 0 spiro atoms. The lowest BCUT2D eigenvalue weighted by atomic mass is 10.1. The molecule has 1 aliphatic heterocycles. The minimum atomic E-state index is 0.498. The molecule has 0 unspecified atom stereocenters. The molecule has 0 radical (unpaired) electrons. The number of nitrogens with zero attached hydrogens (tertiary/aromatic N) is 3. The van der Waals surface area contributed by atoms with E-state index in [2.05, 4.69) is 15.4 Å². The molecular formula is C11H16N4OS. The second-order valence-electron chi connectivity index (χ2n) is 4.41. The van der Waals surface area contributed by atoms with Gasteiger partial charge >= 0.3 is 0 Å². The highest BCUT2D eigenvalue weighted by Crippen LogP contribution is 2.29. The number of ether oxygens (including phenoxy) is 1. The monoisotopic (exact) mass is 252 g/mol. The van der Waals surface area contributed by atoms with Crippen LogP contribution in [0, 0.1) is 6.92 Å². The van der Waals surface area contributed by atoms with Crippen molar-refractivity contribution < 1.29 is 4.74 Å². The van der Waals surface area contributed by atoms with Gasteiger partial charge in [0.15, 0.2) is 10.8 Å². The fourth-order valence-corrected chi connectivity index (χ4v) is 3.17. The first-order valence-electron chi connectivity index (χ1n) is 5.88. The molecule has 1 N–H and O–H groups in total. The van der Waals surface area contributed by atoms with E-state index in [0.717, 1.165) is 42.5 Å². The summed E-state index contributed by atoms with van der Waals surface area (Å²) in [5, 5.41) is 8.85. The highest BCUT2D eigenvalue weighted by Gasteiger charge is 2.17. The number of hydrogen-bond acceptors (Lipinski definition) is 5. The molecule has 1 saturated heterocycles. The summed E-state index contributed by atoms with van der Waals surface area (Å²) >= 11 is 1.69. The normalized spacial score (nSPS) is 17.8. The first kappa shape index (κ1) is 11.0. The Morgan fingerprint density at radius 1 is 1.41 bits per heavy atom. The number of aromatic nitrogens is 3. The molecule has 0 atom stereocenters. The number of aryl methyl sites for hydroxylation is 2. The van der Waals surface area contributed by atoms with Gasteiger partial charge in [0, 0.05) is 26.3 Å². The van der Waals surface area contributed by atoms with Gasteiger partial charge in [-0.1, -0.05) is 11.3 Å². The minimum Gasteiger partial charge on any atom is -0.381 e. The number of hydrogen-bond donors (Lipinski definition) is 1. The van der Waals surface area contributed by atoms with Crippen LogP contribution in [0.1, 0.15) is 18.5 Å². The summed E-state index contributed by atoms with van der Waals surface area (Å²) in [5.41, 5.74) is 2.03. The quantitative estimate of drug-likeness (QED) is 0.887. The Kier molecular flexibility index (Phi) is 2.76. The van der Waals surface area contributed by atoms with Gasteiger partial charge in [-0.2, -0.15) is 5.10 Å². The minimum absolute atomic E-state index is 0.498. The first-order valence-corrected chi connectivity index (χ1v) is 6.70. The summed E-state index contributed by atoms with van der Waals surface area (Å²) in [5.74, 6) is 0. The van der Waals surface area contributed by atoms with E-state index >= 15 is 0 Å². The van der Waals surface area contributed by atoms with Crippen molar-refractivity contribution in [1.29, 1.82) is 0 Å². The maximum atomic E-state index is 5.35. The van der Waals surface area contributed by atoms with Crippen molar-refractivity contribution in [2.45, 2.75) is 25.8 Å². The summed E-state index contributed by atoms with van der Waals surface area (Å²) in [6.07, 6.45) is 2.13. The van der Waals surface area contributed by atoms with E-state index in [1.807, 2.05) is 18.7 Å². The van der Waals surface area contributed by atoms with Crippen molar-refractivity contribution in [3.05, 3.63) is 5.69 Å². The Hall–Kier alpha value is -1.14. The van der Waals surface area contributed by atoms with Crippen LogP contribution in [0.4, 0.5) is 5.13 Å². The van der Waals surface area contributed by atoms with Crippen molar-refractivity contribution in [2.24, 2.45) is 7.05 Å². The molecule has 0 bridgehead atoms. The SMILES string of the molecule is Cc1nn(C)c2nc(NC3CCOCC3)sc12. The molecular weight excluding hydrogens is 236 g/mol. The highest BCUT2D eigenvalue weighted by atomic mass is 32.1. The second-order valence-corrected chi connectivity index (χ2v) is 5.41. The van der Waals surface area contributed by atoms with E-state index in [4.69, 9.17) is 4.74 Å². The third kappa shape index (κ3) is 2.02. The average Bonchev–Trinajstić information content (AvgIpc) is 2.83. The molecule has 6 heteroatoms. The largest absolute Gasteiger partial charge is 0.381 e. The maximum absolute atomic E-state index is 5.35. The number of thiazole rings is 1. The van der Waals surface area contributed by atoms with E-state index in [1.165, 1.54) is 4.70 Å². The van der Waals surface area contributed by atoms with Crippen molar-refractivity contribution in [2.75, 3.05) is 18.5 Å². The van der Waals surface area contributed by atoms with Crippen molar-refractivity contribution in [1.82, 2.24) is 14.8 Å². The van der Waals surface area contributed by atoms with Gasteiger partial charge in [0.1, 0.15) is 0 Å². The lowest BCUT2D eigenvalue weighted by Crippen LogP contribution is -2.27. The van der Waals surface area contributed by atoms with Crippen LogP contribution in [0.25, 0.3) is 10.3 Å². The van der Waals surface area contributed by atoms with Gasteiger partial charge in [-0.25, -0.2) is 9.67 Å². The molecule has 3 heterocycles. The highest BCUT2D eigenvalue weighted by molar-refractivity contribution is 7.22. The van der Waals surface area contributed by atoms with Gasteiger partial charge < -0.3 is 10.1 Å². The molecule has 0 amide bonds. The molecule has 0 aromatic carbocycles. The van der Waals surface area contributed by atoms with E-state index < -0.39 is 0 Å². The third-order valence-corrected chi connectivity index (χ3v) is 4.18. The zero-order valence-corrected chi connectivity index (χ0v) is 10.9. The molecule has 3 rings (SSSR count). The molecule has 0 saturated carbocycles. The predicted molar refractivity (Wildman–Crippen MR) is 68.6 cm³/mol. The van der Waals surface area contributed by atoms with Crippen molar-refractivity contribution in [3.63, 3.8) is 0 Å². The van der Waals surface area contributed by atoms with Crippen LogP contribution < -0.4 is 5.32 Å². The number of anilines is 1. The lowest BCUT2D eigenvalue weighted by molar-refractivity contribution is 0.0904. The topological polar surface area (TPSA) is 52.0 Å². The van der Waals surface area contributed by atoms with Gasteiger partial charge in [-0.3, -0.25) is 0 Å². The molecule has 17 heavy (non-hydrogen) atoms. The molecule has 1 aliphatic rings. The number of nitrogens with one attached hydrogen (secondary N) is 1. The summed E-state index contributed by atoms with van der Waals surface area (Å²) in [6.45, 7) is 3.73. The van der Waals surface area contributed by atoms with Gasteiger partial charge in [0.25, 0.3) is 0 Å². The first-order chi connectivity index (χ1) is 8.24. The van der Waals surface area contributed by atoms with Crippen LogP contribution in [-0.2, 0) is 11.8 Å². The summed E-state index contributed by atoms with van der Waals surface area (Å²) in [6, 6.07) is 0.498. The van der Waals surface area contributed by atoms with Crippen molar-refractivity contribution >= 4 is 26.8 Å². The summed E-state index contributed by atoms with van der Waals surface area (Å²) in [7, 11) is 1.94. The Labute approximate surface area is 104 Å². The Bertz CT molecular complexity index is 492. The van der Waals surface area contributed by atoms with Gasteiger partial charge in [0.05, 0.1) is 10.4 Å².